The van der Waals surface area contributed by atoms with Crippen LogP contribution in [0, 0.1) is 5.92 Å². The normalized spacial score (nSPS) is 30.9. The summed E-state index contributed by atoms with van der Waals surface area (Å²) in [6.07, 6.45) is 2.53. The van der Waals surface area contributed by atoms with Crippen molar-refractivity contribution < 1.29 is 9.52 Å². The van der Waals surface area contributed by atoms with Crippen molar-refractivity contribution in [2.24, 2.45) is 5.92 Å². The number of rotatable bonds is 1. The summed E-state index contributed by atoms with van der Waals surface area (Å²) in [6, 6.07) is 7.83. The minimum Gasteiger partial charge on any atom is -0.464 e. The first-order valence-corrected chi connectivity index (χ1v) is 4.91. The highest BCUT2D eigenvalue weighted by molar-refractivity contribution is 5.82. The van der Waals surface area contributed by atoms with E-state index < -0.39 is 5.60 Å². The highest BCUT2D eigenvalue weighted by Crippen LogP contribution is 2.53. The first kappa shape index (κ1) is 8.06. The maximum absolute atomic E-state index is 10.2. The molecule has 0 bridgehead atoms. The molecule has 1 saturated carbocycles. The fraction of sp³-hybridized carbons (Fsp3) is 0.333. The molecule has 1 fully saturated rings. The van der Waals surface area contributed by atoms with Gasteiger partial charge in [-0.3, -0.25) is 0 Å². The van der Waals surface area contributed by atoms with Crippen LogP contribution in [0.3, 0.4) is 0 Å². The third kappa shape index (κ3) is 0.891. The van der Waals surface area contributed by atoms with Crippen molar-refractivity contribution in [3.05, 3.63) is 36.1 Å². The van der Waals surface area contributed by atoms with Gasteiger partial charge in [-0.05, 0) is 18.4 Å². The van der Waals surface area contributed by atoms with Gasteiger partial charge in [-0.2, -0.15) is 0 Å². The molecule has 1 N–H and O–H groups in total. The van der Waals surface area contributed by atoms with Crippen molar-refractivity contribution in [2.75, 3.05) is 0 Å². The van der Waals surface area contributed by atoms with Gasteiger partial charge in [-0.15, -0.1) is 0 Å². The summed E-state index contributed by atoms with van der Waals surface area (Å²) < 4.78 is 5.40. The van der Waals surface area contributed by atoms with E-state index >= 15 is 0 Å². The van der Waals surface area contributed by atoms with E-state index in [0.29, 0.717) is 5.92 Å². The third-order valence-corrected chi connectivity index (χ3v) is 3.22. The number of furan rings is 1. The molecule has 2 nitrogen and oxygen atoms in total. The molecule has 1 aromatic carbocycles. The van der Waals surface area contributed by atoms with Gasteiger partial charge < -0.3 is 9.52 Å². The molecule has 1 aromatic heterocycles. The van der Waals surface area contributed by atoms with Gasteiger partial charge in [0.05, 0.1) is 11.9 Å². The van der Waals surface area contributed by atoms with E-state index in [-0.39, 0.29) is 0 Å². The maximum atomic E-state index is 10.2. The Balaban J connectivity index is 2.23. The monoisotopic (exact) mass is 188 g/mol. The van der Waals surface area contributed by atoms with Crippen LogP contribution in [0.4, 0.5) is 0 Å². The summed E-state index contributed by atoms with van der Waals surface area (Å²) >= 11 is 0. The Labute approximate surface area is 82.2 Å². The summed E-state index contributed by atoms with van der Waals surface area (Å²) in [5.74, 6) is 0.350. The Hall–Kier alpha value is -1.28. The molecule has 0 aliphatic heterocycles. The molecule has 2 heteroatoms. The summed E-state index contributed by atoms with van der Waals surface area (Å²) in [4.78, 5) is 0. The second-order valence-electron chi connectivity index (χ2n) is 4.17. The molecule has 1 aliphatic carbocycles. The van der Waals surface area contributed by atoms with Gasteiger partial charge >= 0.3 is 0 Å². The van der Waals surface area contributed by atoms with Crippen molar-refractivity contribution >= 4 is 11.0 Å². The Bertz CT molecular complexity index is 486. The molecule has 0 amide bonds. The average Bonchev–Trinajstić information content (AvgIpc) is 2.67. The van der Waals surface area contributed by atoms with Gasteiger partial charge in [-0.25, -0.2) is 0 Å². The van der Waals surface area contributed by atoms with E-state index in [1.807, 2.05) is 24.3 Å². The molecular weight excluding hydrogens is 176 g/mol. The van der Waals surface area contributed by atoms with Crippen LogP contribution >= 0.6 is 0 Å². The quantitative estimate of drug-likeness (QED) is 0.746. The lowest BCUT2D eigenvalue weighted by Gasteiger charge is -2.05. The molecule has 2 atom stereocenters. The van der Waals surface area contributed by atoms with Gasteiger partial charge in [0.2, 0.25) is 0 Å². The Morgan fingerprint density at radius 3 is 2.86 bits per heavy atom. The van der Waals surface area contributed by atoms with Gasteiger partial charge in [0.25, 0.3) is 0 Å². The van der Waals surface area contributed by atoms with Crippen LogP contribution in [0.15, 0.2) is 34.9 Å². The molecule has 1 aliphatic rings. The van der Waals surface area contributed by atoms with Crippen LogP contribution in [0.5, 0.6) is 0 Å². The second-order valence-corrected chi connectivity index (χ2v) is 4.17. The van der Waals surface area contributed by atoms with Gasteiger partial charge in [0.15, 0.2) is 0 Å². The largest absolute Gasteiger partial charge is 0.464 e. The molecule has 3 rings (SSSR count). The zero-order valence-corrected chi connectivity index (χ0v) is 8.03. The lowest BCUT2D eigenvalue weighted by molar-refractivity contribution is 0.135. The Kier molecular flexibility index (Phi) is 1.38. The van der Waals surface area contributed by atoms with Crippen molar-refractivity contribution in [3.63, 3.8) is 0 Å². The fourth-order valence-corrected chi connectivity index (χ4v) is 2.10. The van der Waals surface area contributed by atoms with Crippen molar-refractivity contribution in [3.8, 4) is 0 Å². The van der Waals surface area contributed by atoms with Crippen molar-refractivity contribution in [1.82, 2.24) is 0 Å². The highest BCUT2D eigenvalue weighted by Gasteiger charge is 2.52. The molecule has 0 spiro atoms. The molecule has 2 aromatic rings. The maximum Gasteiger partial charge on any atom is 0.134 e. The number of hydrogen-bond donors (Lipinski definition) is 1. The zero-order valence-electron chi connectivity index (χ0n) is 8.03. The highest BCUT2D eigenvalue weighted by atomic mass is 16.3. The Morgan fingerprint density at radius 1 is 1.43 bits per heavy atom. The van der Waals surface area contributed by atoms with Crippen LogP contribution < -0.4 is 0 Å². The minimum absolute atomic E-state index is 0.350. The van der Waals surface area contributed by atoms with E-state index in [4.69, 9.17) is 4.42 Å². The smallest absolute Gasteiger partial charge is 0.134 e. The molecular formula is C12H12O2. The number of hydrogen-bond acceptors (Lipinski definition) is 2. The SMILES string of the molecule is CC1CC1(O)c1coc2ccccc12. The molecule has 2 unspecified atom stereocenters. The van der Waals surface area contributed by atoms with Crippen LogP contribution in [0.2, 0.25) is 0 Å². The fourth-order valence-electron chi connectivity index (χ4n) is 2.10. The minimum atomic E-state index is -0.632. The summed E-state index contributed by atoms with van der Waals surface area (Å²) in [5, 5.41) is 11.2. The molecule has 0 radical (unpaired) electrons. The predicted octanol–water partition coefficient (Wildman–Crippen LogP) is 2.66. The number of para-hydroxylation sites is 1. The molecule has 1 heterocycles. The van der Waals surface area contributed by atoms with Crippen LogP contribution in [0.1, 0.15) is 18.9 Å². The molecule has 14 heavy (non-hydrogen) atoms. The van der Waals surface area contributed by atoms with Crippen LogP contribution in [0.25, 0.3) is 11.0 Å². The van der Waals surface area contributed by atoms with Gasteiger partial charge in [0.1, 0.15) is 5.58 Å². The van der Waals surface area contributed by atoms with Crippen LogP contribution in [-0.2, 0) is 5.60 Å². The lowest BCUT2D eigenvalue weighted by atomic mass is 10.1. The number of benzene rings is 1. The average molecular weight is 188 g/mol. The number of aliphatic hydroxyl groups is 1. The molecule has 0 saturated heterocycles. The standard InChI is InChI=1S/C12H12O2/c1-8-6-12(8,13)10-7-14-11-5-3-2-4-9(10)11/h2-5,7-8,13H,6H2,1H3. The summed E-state index contributed by atoms with van der Waals surface area (Å²) in [7, 11) is 0. The Morgan fingerprint density at radius 2 is 2.14 bits per heavy atom. The number of fused-ring (bicyclic) bond motifs is 1. The van der Waals surface area contributed by atoms with Crippen molar-refractivity contribution in [1.29, 1.82) is 0 Å². The first-order valence-electron chi connectivity index (χ1n) is 4.91. The second kappa shape index (κ2) is 2.39. The summed E-state index contributed by atoms with van der Waals surface area (Å²) in [5.41, 5.74) is 1.17. The summed E-state index contributed by atoms with van der Waals surface area (Å²) in [6.45, 7) is 2.06. The first-order chi connectivity index (χ1) is 6.72. The van der Waals surface area contributed by atoms with Gasteiger partial charge in [-0.1, -0.05) is 25.1 Å². The van der Waals surface area contributed by atoms with Crippen molar-refractivity contribution in [2.45, 2.75) is 18.9 Å². The van der Waals surface area contributed by atoms with Crippen LogP contribution in [-0.4, -0.2) is 5.11 Å². The molecule has 72 valence electrons. The lowest BCUT2D eigenvalue weighted by Crippen LogP contribution is -2.05. The van der Waals surface area contributed by atoms with E-state index in [0.717, 1.165) is 23.0 Å². The van der Waals surface area contributed by atoms with E-state index in [1.54, 1.807) is 6.26 Å². The zero-order chi connectivity index (χ0) is 9.76. The van der Waals surface area contributed by atoms with E-state index in [2.05, 4.69) is 6.92 Å². The topological polar surface area (TPSA) is 33.4 Å². The van der Waals surface area contributed by atoms with Gasteiger partial charge in [0, 0.05) is 10.9 Å². The van der Waals surface area contributed by atoms with E-state index in [9.17, 15) is 5.11 Å². The van der Waals surface area contributed by atoms with E-state index in [1.165, 1.54) is 0 Å². The third-order valence-electron chi connectivity index (χ3n) is 3.22. The predicted molar refractivity (Wildman–Crippen MR) is 53.9 cm³/mol.